The molecular formula is C28H18O7. The SMILES string of the molecule is COc1ccc2occ([C@H]3CC(=O)Oc4ccc5c(c43)O/C(=C\c3ccccc3)C5=O)c(=O)c2c1. The minimum absolute atomic E-state index is 0.0982. The van der Waals surface area contributed by atoms with Gasteiger partial charge < -0.3 is 18.6 Å². The molecule has 0 fully saturated rings. The maximum Gasteiger partial charge on any atom is 0.312 e. The topological polar surface area (TPSA) is 92.0 Å². The standard InChI is InChI=1S/C28H18O7/c1-32-16-7-9-21-19(12-16)26(30)20(14-33-21)18-13-24(29)34-22-10-8-17-27(31)23(35-28(17)25(18)22)11-15-5-3-2-4-6-15/h2-12,14,18H,13H2,1H3/b23-11-/t18-/m1/s1. The number of ketones is 1. The van der Waals surface area contributed by atoms with Crippen LogP contribution in [0, 0.1) is 0 Å². The Morgan fingerprint density at radius 2 is 1.80 bits per heavy atom. The van der Waals surface area contributed by atoms with Crippen LogP contribution in [0.4, 0.5) is 0 Å². The van der Waals surface area contributed by atoms with Gasteiger partial charge in [0.2, 0.25) is 5.78 Å². The Kier molecular flexibility index (Phi) is 4.77. The van der Waals surface area contributed by atoms with Crippen molar-refractivity contribution in [1.82, 2.24) is 0 Å². The molecular weight excluding hydrogens is 448 g/mol. The van der Waals surface area contributed by atoms with Crippen molar-refractivity contribution in [3.8, 4) is 17.2 Å². The summed E-state index contributed by atoms with van der Waals surface area (Å²) in [6.45, 7) is 0. The fourth-order valence-electron chi connectivity index (χ4n) is 4.57. The molecule has 0 spiro atoms. The van der Waals surface area contributed by atoms with E-state index in [9.17, 15) is 14.4 Å². The van der Waals surface area contributed by atoms with Gasteiger partial charge in [0, 0.05) is 17.0 Å². The Hall–Kier alpha value is -4.65. The molecule has 7 heteroatoms. The third-order valence-electron chi connectivity index (χ3n) is 6.26. The minimum atomic E-state index is -0.711. The molecule has 2 aliphatic heterocycles. The normalized spacial score (nSPS) is 17.6. The Morgan fingerprint density at radius 1 is 0.971 bits per heavy atom. The molecule has 0 bridgehead atoms. The van der Waals surface area contributed by atoms with Crippen molar-refractivity contribution >= 4 is 28.8 Å². The van der Waals surface area contributed by atoms with Gasteiger partial charge in [-0.25, -0.2) is 0 Å². The van der Waals surface area contributed by atoms with E-state index in [1.807, 2.05) is 30.3 Å². The maximum atomic E-state index is 13.5. The number of methoxy groups -OCH3 is 1. The van der Waals surface area contributed by atoms with Crippen LogP contribution in [-0.2, 0) is 4.79 Å². The molecule has 0 saturated carbocycles. The van der Waals surface area contributed by atoms with Gasteiger partial charge in [-0.3, -0.25) is 14.4 Å². The Morgan fingerprint density at radius 3 is 2.60 bits per heavy atom. The minimum Gasteiger partial charge on any atom is -0.497 e. The molecule has 0 radical (unpaired) electrons. The summed E-state index contributed by atoms with van der Waals surface area (Å²) in [7, 11) is 1.51. The maximum absolute atomic E-state index is 13.5. The zero-order valence-corrected chi connectivity index (χ0v) is 18.6. The van der Waals surface area contributed by atoms with Crippen LogP contribution in [0.2, 0.25) is 0 Å². The molecule has 172 valence electrons. The summed E-state index contributed by atoms with van der Waals surface area (Å²) in [6.07, 6.45) is 2.93. The van der Waals surface area contributed by atoms with Gasteiger partial charge >= 0.3 is 5.97 Å². The second kappa shape index (κ2) is 7.99. The highest BCUT2D eigenvalue weighted by molar-refractivity contribution is 6.15. The van der Waals surface area contributed by atoms with Crippen LogP contribution in [0.3, 0.4) is 0 Å². The third kappa shape index (κ3) is 3.40. The average molecular weight is 466 g/mol. The molecule has 1 aromatic heterocycles. The molecule has 0 saturated heterocycles. The summed E-state index contributed by atoms with van der Waals surface area (Å²) in [5, 5.41) is 0.330. The summed E-state index contributed by atoms with van der Waals surface area (Å²) >= 11 is 0. The van der Waals surface area contributed by atoms with Crippen molar-refractivity contribution in [1.29, 1.82) is 0 Å². The first kappa shape index (κ1) is 20.9. The number of carbonyl (C=O) groups is 2. The monoisotopic (exact) mass is 466 g/mol. The van der Waals surface area contributed by atoms with E-state index in [2.05, 4.69) is 0 Å². The van der Waals surface area contributed by atoms with Gasteiger partial charge in [0.25, 0.3) is 0 Å². The predicted octanol–water partition coefficient (Wildman–Crippen LogP) is 4.86. The van der Waals surface area contributed by atoms with Crippen LogP contribution in [0.15, 0.2) is 81.9 Å². The first-order valence-corrected chi connectivity index (χ1v) is 11.0. The molecule has 3 aromatic carbocycles. The highest BCUT2D eigenvalue weighted by Gasteiger charge is 2.39. The van der Waals surface area contributed by atoms with Crippen LogP contribution in [0.1, 0.15) is 39.4 Å². The van der Waals surface area contributed by atoms with Crippen LogP contribution in [0.5, 0.6) is 17.2 Å². The lowest BCUT2D eigenvalue weighted by atomic mass is 9.85. The molecule has 1 atom stereocenters. The predicted molar refractivity (Wildman–Crippen MR) is 127 cm³/mol. The number of hydrogen-bond acceptors (Lipinski definition) is 7. The van der Waals surface area contributed by atoms with Gasteiger partial charge in [0.1, 0.15) is 22.8 Å². The molecule has 3 heterocycles. The van der Waals surface area contributed by atoms with E-state index in [1.54, 1.807) is 36.4 Å². The van der Waals surface area contributed by atoms with Crippen molar-refractivity contribution in [2.45, 2.75) is 12.3 Å². The zero-order chi connectivity index (χ0) is 24.1. The first-order valence-electron chi connectivity index (χ1n) is 11.0. The lowest BCUT2D eigenvalue weighted by Crippen LogP contribution is -2.25. The third-order valence-corrected chi connectivity index (χ3v) is 6.26. The van der Waals surface area contributed by atoms with Crippen molar-refractivity contribution in [2.24, 2.45) is 0 Å². The number of esters is 1. The van der Waals surface area contributed by atoms with E-state index < -0.39 is 11.9 Å². The Labute approximate surface area is 199 Å². The number of allylic oxidation sites excluding steroid dienone is 1. The van der Waals surface area contributed by atoms with Gasteiger partial charge in [-0.1, -0.05) is 30.3 Å². The number of carbonyl (C=O) groups excluding carboxylic acids is 2. The molecule has 35 heavy (non-hydrogen) atoms. The summed E-state index contributed by atoms with van der Waals surface area (Å²) in [4.78, 5) is 39.1. The quantitative estimate of drug-likeness (QED) is 0.242. The number of hydrogen-bond donors (Lipinski definition) is 0. The second-order valence-corrected chi connectivity index (χ2v) is 8.32. The number of Topliss-reactive ketones (excluding diaryl/α,β-unsaturated/α-hetero) is 1. The Balaban J connectivity index is 1.51. The Bertz CT molecular complexity index is 1610. The highest BCUT2D eigenvalue weighted by atomic mass is 16.5. The van der Waals surface area contributed by atoms with Gasteiger partial charge in [0.05, 0.1) is 30.7 Å². The van der Waals surface area contributed by atoms with E-state index in [0.717, 1.165) is 5.56 Å². The largest absolute Gasteiger partial charge is 0.497 e. The van der Waals surface area contributed by atoms with E-state index >= 15 is 0 Å². The molecule has 6 rings (SSSR count). The number of ether oxygens (including phenoxy) is 3. The molecule has 0 N–H and O–H groups in total. The number of rotatable bonds is 3. The fraction of sp³-hybridized carbons (Fsp3) is 0.107. The first-order chi connectivity index (χ1) is 17.0. The molecule has 0 aliphatic carbocycles. The van der Waals surface area contributed by atoms with Gasteiger partial charge in [0.15, 0.2) is 11.2 Å². The van der Waals surface area contributed by atoms with Crippen molar-refractivity contribution in [3.63, 3.8) is 0 Å². The summed E-state index contributed by atoms with van der Waals surface area (Å²) in [5.41, 5.74) is 2.01. The average Bonchev–Trinajstić information content (AvgIpc) is 3.19. The lowest BCUT2D eigenvalue weighted by Gasteiger charge is -2.25. The van der Waals surface area contributed by atoms with E-state index in [-0.39, 0.29) is 40.5 Å². The smallest absolute Gasteiger partial charge is 0.312 e. The zero-order valence-electron chi connectivity index (χ0n) is 18.6. The number of fused-ring (bicyclic) bond motifs is 4. The molecule has 4 aromatic rings. The molecule has 7 nitrogen and oxygen atoms in total. The van der Waals surface area contributed by atoms with E-state index in [4.69, 9.17) is 18.6 Å². The second-order valence-electron chi connectivity index (χ2n) is 8.32. The highest BCUT2D eigenvalue weighted by Crippen LogP contribution is 2.48. The van der Waals surface area contributed by atoms with Crippen molar-refractivity contribution < 1.29 is 28.2 Å². The van der Waals surface area contributed by atoms with E-state index in [0.29, 0.717) is 27.8 Å². The molecule has 0 amide bonds. The van der Waals surface area contributed by atoms with Crippen LogP contribution in [-0.4, -0.2) is 18.9 Å². The summed E-state index contributed by atoms with van der Waals surface area (Å²) in [6, 6.07) is 17.4. The summed E-state index contributed by atoms with van der Waals surface area (Å²) in [5.74, 6) is -0.269. The lowest BCUT2D eigenvalue weighted by molar-refractivity contribution is -0.135. The summed E-state index contributed by atoms with van der Waals surface area (Å²) < 4.78 is 22.5. The van der Waals surface area contributed by atoms with Gasteiger partial charge in [-0.05, 0) is 42.0 Å². The van der Waals surface area contributed by atoms with Crippen LogP contribution in [0.25, 0.3) is 17.0 Å². The number of benzene rings is 3. The molecule has 2 aliphatic rings. The van der Waals surface area contributed by atoms with Gasteiger partial charge in [-0.15, -0.1) is 0 Å². The van der Waals surface area contributed by atoms with Crippen LogP contribution < -0.4 is 19.6 Å². The molecule has 0 unspecified atom stereocenters. The fourth-order valence-corrected chi connectivity index (χ4v) is 4.57. The van der Waals surface area contributed by atoms with Crippen molar-refractivity contribution in [3.05, 3.63) is 105 Å². The van der Waals surface area contributed by atoms with Crippen molar-refractivity contribution in [2.75, 3.05) is 7.11 Å². The van der Waals surface area contributed by atoms with Crippen LogP contribution >= 0.6 is 0 Å². The van der Waals surface area contributed by atoms with Gasteiger partial charge in [-0.2, -0.15) is 0 Å². The van der Waals surface area contributed by atoms with E-state index in [1.165, 1.54) is 13.4 Å².